The van der Waals surface area contributed by atoms with Gasteiger partial charge >= 0.3 is 0 Å². The first-order valence-corrected chi connectivity index (χ1v) is 31.0. The third kappa shape index (κ3) is 17.4. The predicted molar refractivity (Wildman–Crippen MR) is 325 cm³/mol. The molecule has 83 heavy (non-hydrogen) atoms. The fourth-order valence-corrected chi connectivity index (χ4v) is 11.3. The van der Waals surface area contributed by atoms with Crippen LogP contribution in [0.2, 0.25) is 20.1 Å². The van der Waals surface area contributed by atoms with Crippen LogP contribution in [0, 0.1) is 0 Å². The summed E-state index contributed by atoms with van der Waals surface area (Å²) in [6.45, 7) is 3.88. The van der Waals surface area contributed by atoms with Gasteiger partial charge in [0, 0.05) is 93.1 Å². The van der Waals surface area contributed by atoms with Gasteiger partial charge in [-0.3, -0.25) is 19.6 Å². The van der Waals surface area contributed by atoms with Crippen molar-refractivity contribution in [3.05, 3.63) is 163 Å². The van der Waals surface area contributed by atoms with Gasteiger partial charge in [-0.25, -0.2) is 0 Å². The fourth-order valence-electron chi connectivity index (χ4n) is 10.2. The van der Waals surface area contributed by atoms with E-state index in [2.05, 4.69) is 32.7 Å². The normalized spacial score (nSPS) is 15.7. The molecule has 0 bridgehead atoms. The van der Waals surface area contributed by atoms with Crippen molar-refractivity contribution in [3.8, 4) is 33.8 Å². The second-order valence-electron chi connectivity index (χ2n) is 22.1. The van der Waals surface area contributed by atoms with E-state index in [1.165, 1.54) is 0 Å². The van der Waals surface area contributed by atoms with E-state index in [1.54, 1.807) is 0 Å². The molecule has 2 N–H and O–H groups in total. The Morgan fingerprint density at radius 1 is 0.482 bits per heavy atom. The third-order valence-electron chi connectivity index (χ3n) is 15.5. The number of benzene rings is 4. The van der Waals surface area contributed by atoms with E-state index in [0.717, 1.165) is 131 Å². The van der Waals surface area contributed by atoms with Gasteiger partial charge in [0.15, 0.2) is 0 Å². The van der Waals surface area contributed by atoms with E-state index < -0.39 is 11.2 Å². The lowest BCUT2D eigenvalue weighted by atomic mass is 9.96. The summed E-state index contributed by atoms with van der Waals surface area (Å²) in [5, 5.41) is 8.34. The maximum absolute atomic E-state index is 12.5. The summed E-state index contributed by atoms with van der Waals surface area (Å²) in [4.78, 5) is 34.0. The van der Waals surface area contributed by atoms with E-state index in [0.29, 0.717) is 137 Å². The number of carbonyl (C=O) groups excluding carboxylic acids is 2. The minimum atomic E-state index is -0.449. The van der Waals surface area contributed by atoms with Crippen LogP contribution in [-0.2, 0) is 70.5 Å². The molecule has 0 unspecified atom stereocenters. The number of unbranched alkanes of at least 4 members (excludes halogenated alkanes) is 2. The van der Waals surface area contributed by atoms with Crippen LogP contribution in [0.15, 0.2) is 110 Å². The molecule has 2 aromatic heterocycles. The minimum absolute atomic E-state index is 0.0215. The smallest absolute Gasteiger partial charge is 0.220 e. The van der Waals surface area contributed by atoms with Gasteiger partial charge in [0.2, 0.25) is 11.8 Å². The van der Waals surface area contributed by atoms with Crippen molar-refractivity contribution in [2.24, 2.45) is 0 Å². The van der Waals surface area contributed by atoms with Crippen LogP contribution in [-0.4, -0.2) is 86.7 Å². The number of hydrogen-bond acceptors (Lipinski definition) is 11. The molecule has 4 aromatic carbocycles. The molecule has 0 spiro atoms. The van der Waals surface area contributed by atoms with Crippen molar-refractivity contribution in [1.82, 2.24) is 20.6 Å². The van der Waals surface area contributed by atoms with Gasteiger partial charge in [-0.1, -0.05) is 82.8 Å². The second kappa shape index (κ2) is 29.7. The number of pyridine rings is 2. The molecule has 0 saturated heterocycles. The van der Waals surface area contributed by atoms with Crippen LogP contribution in [0.4, 0.5) is 0 Å². The molecule has 4 saturated carbocycles. The third-order valence-corrected chi connectivity index (χ3v) is 16.9. The highest BCUT2D eigenvalue weighted by atomic mass is 35.5. The van der Waals surface area contributed by atoms with Crippen LogP contribution in [0.25, 0.3) is 22.3 Å². The first-order valence-electron chi connectivity index (χ1n) is 29.5. The predicted octanol–water partition coefficient (Wildman–Crippen LogP) is 14.3. The Hall–Kier alpha value is -5.32. The molecule has 6 aromatic rings. The minimum Gasteiger partial charge on any atom is -0.490 e. The van der Waals surface area contributed by atoms with Crippen molar-refractivity contribution in [2.45, 2.75) is 139 Å². The highest BCUT2D eigenvalue weighted by molar-refractivity contribution is 6.34. The molecule has 4 aliphatic carbocycles. The van der Waals surface area contributed by atoms with E-state index in [9.17, 15) is 9.59 Å². The monoisotopic (exact) mass is 1210 g/mol. The quantitative estimate of drug-likeness (QED) is 0.0362. The number of aryl methyl sites for hydroxylation is 2. The van der Waals surface area contributed by atoms with E-state index in [-0.39, 0.29) is 11.8 Å². The molecule has 440 valence electrons. The second-order valence-corrected chi connectivity index (χ2v) is 23.7. The number of amides is 2. The SMILES string of the molecule is O=C(CCCCc1cc(Cl)c(COC2(c3cnccc3-c3ccccc3OC3CC3)CC2)cc1Cl)NCCOCCOCCOCCNC(=O)CCCCc1cc(Cl)c(COC2(c3cnccc3-c3ccccc3OC3CC3)CC2)cc1Cl. The number of nitrogens with zero attached hydrogens (tertiary/aromatic N) is 2. The molecule has 17 heteroatoms. The number of para-hydroxylation sites is 2. The molecule has 0 atom stereocenters. The standard InChI is InChI=1S/C66H74Cl4N4O9/c67-57-39-47(43-80-65(23-24-65)55-41-71-27-21-51(55)53-11-3-5-13-61(53)82-49-17-18-49)59(69)37-45(57)9-1-7-15-63(75)73-29-31-77-33-35-79-36-34-78-32-30-74-64(76)16-8-2-10-46-38-60(70)48(40-58(46)68)44-81-66(25-26-66)56-42-72-28-22-52(56)54-12-4-6-14-62(54)83-50-19-20-50/h3-6,11-14,21-22,27-28,37-42,49-50H,1-2,7-10,15-20,23-26,29-36,43-44H2,(H,73,75)(H,74,76). The largest absolute Gasteiger partial charge is 0.490 e. The molecule has 2 amide bonds. The number of nitrogens with one attached hydrogen (secondary N) is 2. The zero-order chi connectivity index (χ0) is 57.4. The number of ether oxygens (including phenoxy) is 7. The molecule has 0 aliphatic heterocycles. The lowest BCUT2D eigenvalue weighted by Crippen LogP contribution is -2.27. The highest BCUT2D eigenvalue weighted by Gasteiger charge is 2.49. The van der Waals surface area contributed by atoms with Crippen LogP contribution >= 0.6 is 46.4 Å². The van der Waals surface area contributed by atoms with Gasteiger partial charge < -0.3 is 43.8 Å². The molecule has 13 nitrogen and oxygen atoms in total. The first kappa shape index (κ1) is 60.8. The van der Waals surface area contributed by atoms with Crippen molar-refractivity contribution in [2.75, 3.05) is 52.7 Å². The summed E-state index contributed by atoms with van der Waals surface area (Å²) in [5.74, 6) is 1.74. The van der Waals surface area contributed by atoms with Crippen molar-refractivity contribution >= 4 is 58.2 Å². The van der Waals surface area contributed by atoms with Crippen LogP contribution in [0.3, 0.4) is 0 Å². The molecule has 10 rings (SSSR count). The van der Waals surface area contributed by atoms with Crippen molar-refractivity contribution < 1.29 is 42.7 Å². The maximum atomic E-state index is 12.5. The first-order chi connectivity index (χ1) is 40.6. The lowest BCUT2D eigenvalue weighted by Gasteiger charge is -2.22. The number of halogens is 4. The van der Waals surface area contributed by atoms with E-state index >= 15 is 0 Å². The zero-order valence-corrected chi connectivity index (χ0v) is 50.0. The lowest BCUT2D eigenvalue weighted by molar-refractivity contribution is -0.122. The van der Waals surface area contributed by atoms with Gasteiger partial charge in [0.1, 0.15) is 11.5 Å². The molecular weight excluding hydrogens is 1130 g/mol. The Morgan fingerprint density at radius 2 is 0.867 bits per heavy atom. The summed E-state index contributed by atoms with van der Waals surface area (Å²) < 4.78 is 42.7. The zero-order valence-electron chi connectivity index (χ0n) is 47.0. The maximum Gasteiger partial charge on any atom is 0.220 e. The summed E-state index contributed by atoms with van der Waals surface area (Å²) in [5.41, 5.74) is 9.03. The van der Waals surface area contributed by atoms with E-state index in [4.69, 9.17) is 79.6 Å². The highest BCUT2D eigenvalue weighted by Crippen LogP contribution is 2.55. The summed E-state index contributed by atoms with van der Waals surface area (Å²) >= 11 is 27.2. The topological polar surface area (TPSA) is 149 Å². The Bertz CT molecular complexity index is 2940. The molecule has 4 aliphatic rings. The summed E-state index contributed by atoms with van der Waals surface area (Å²) in [6.07, 6.45) is 21.2. The number of carbonyl (C=O) groups is 2. The Kier molecular flexibility index (Phi) is 21.7. The average Bonchev–Trinajstić information content (AvgIpc) is 4.33. The van der Waals surface area contributed by atoms with E-state index in [1.807, 2.05) is 97.6 Å². The number of hydrogen-bond donors (Lipinski definition) is 2. The Labute approximate surface area is 507 Å². The van der Waals surface area contributed by atoms with Crippen molar-refractivity contribution in [1.29, 1.82) is 0 Å². The van der Waals surface area contributed by atoms with Crippen molar-refractivity contribution in [3.63, 3.8) is 0 Å². The van der Waals surface area contributed by atoms with Crippen LogP contribution in [0.1, 0.15) is 123 Å². The van der Waals surface area contributed by atoms with Crippen LogP contribution < -0.4 is 20.1 Å². The van der Waals surface area contributed by atoms with Gasteiger partial charge in [-0.15, -0.1) is 0 Å². The fraction of sp³-hybridized carbons (Fsp3) is 0.455. The molecule has 4 fully saturated rings. The number of rotatable bonds is 36. The van der Waals surface area contributed by atoms with Gasteiger partial charge in [-0.2, -0.15) is 0 Å². The molecule has 2 heterocycles. The summed E-state index contributed by atoms with van der Waals surface area (Å²) in [6, 6.07) is 28.1. The molecule has 0 radical (unpaired) electrons. The Morgan fingerprint density at radius 3 is 1.28 bits per heavy atom. The van der Waals surface area contributed by atoms with Gasteiger partial charge in [-0.05, 0) is 172 Å². The number of aromatic nitrogens is 2. The average molecular weight is 1210 g/mol. The molecular formula is C66H74Cl4N4O9. The van der Waals surface area contributed by atoms with Gasteiger partial charge in [0.25, 0.3) is 0 Å². The summed E-state index contributed by atoms with van der Waals surface area (Å²) in [7, 11) is 0. The Balaban J connectivity index is 0.522. The van der Waals surface area contributed by atoms with Gasteiger partial charge in [0.05, 0.1) is 76.3 Å². The van der Waals surface area contributed by atoms with Crippen LogP contribution in [0.5, 0.6) is 11.5 Å².